The average molecular weight is 562 g/mol. The van der Waals surface area contributed by atoms with E-state index in [0.717, 1.165) is 23.6 Å². The number of methoxy groups -OCH3 is 1. The van der Waals surface area contributed by atoms with Gasteiger partial charge in [-0.15, -0.1) is 11.3 Å². The van der Waals surface area contributed by atoms with Crippen LogP contribution in [0.1, 0.15) is 38.8 Å². The summed E-state index contributed by atoms with van der Waals surface area (Å²) in [6.07, 6.45) is 1.23. The van der Waals surface area contributed by atoms with E-state index in [4.69, 9.17) is 27.9 Å². The van der Waals surface area contributed by atoms with Crippen LogP contribution < -0.4 is 0 Å². The Balaban J connectivity index is 1.62. The molecule has 194 valence electrons. The first-order valence-electron chi connectivity index (χ1n) is 11.6. The first-order chi connectivity index (χ1) is 17.8. The van der Waals surface area contributed by atoms with Crippen LogP contribution in [-0.2, 0) is 16.0 Å². The number of amides is 2. The number of hydrogen-bond donors (Lipinski definition) is 0. The molecule has 0 bridgehead atoms. The largest absolute Gasteiger partial charge is 0.385 e. The van der Waals surface area contributed by atoms with Gasteiger partial charge in [0.2, 0.25) is 5.91 Å². The first kappa shape index (κ1) is 27.1. The highest BCUT2D eigenvalue weighted by molar-refractivity contribution is 7.10. The number of hydrogen-bond acceptors (Lipinski definition) is 6. The van der Waals surface area contributed by atoms with Gasteiger partial charge in [-0.2, -0.15) is 0 Å². The first-order valence-corrected chi connectivity index (χ1v) is 13.3. The third-order valence-corrected chi connectivity index (χ3v) is 7.82. The fourth-order valence-corrected chi connectivity index (χ4v) is 5.68. The Bertz CT molecular complexity index is 1300. The van der Waals surface area contributed by atoms with Crippen molar-refractivity contribution in [3.8, 4) is 0 Å². The summed E-state index contributed by atoms with van der Waals surface area (Å²) in [6, 6.07) is 13.1. The summed E-state index contributed by atoms with van der Waals surface area (Å²) < 4.78 is 5.13. The third-order valence-electron chi connectivity index (χ3n) is 6.25. The number of fused-ring (bicyclic) bond motifs is 1. The number of halogens is 2. The van der Waals surface area contributed by atoms with Crippen molar-refractivity contribution in [2.75, 3.05) is 33.4 Å². The number of rotatable bonds is 9. The molecule has 4 rings (SSSR count). The van der Waals surface area contributed by atoms with Gasteiger partial charge in [-0.1, -0.05) is 35.3 Å². The molecule has 2 heterocycles. The number of thiophene rings is 1. The van der Waals surface area contributed by atoms with Crippen molar-refractivity contribution in [3.63, 3.8) is 0 Å². The molecule has 2 aromatic carbocycles. The molecular formula is C26H25Cl2N3O5S. The van der Waals surface area contributed by atoms with Gasteiger partial charge in [-0.05, 0) is 59.7 Å². The van der Waals surface area contributed by atoms with Crippen molar-refractivity contribution in [3.05, 3.63) is 95.6 Å². The smallest absolute Gasteiger partial charge is 0.288 e. The van der Waals surface area contributed by atoms with Gasteiger partial charge in [0.25, 0.3) is 11.6 Å². The van der Waals surface area contributed by atoms with E-state index in [1.807, 2.05) is 23.6 Å². The van der Waals surface area contributed by atoms with Crippen molar-refractivity contribution >= 4 is 52.0 Å². The predicted octanol–water partition coefficient (Wildman–Crippen LogP) is 5.62. The zero-order chi connectivity index (χ0) is 26.5. The van der Waals surface area contributed by atoms with E-state index in [0.29, 0.717) is 24.6 Å². The minimum Gasteiger partial charge on any atom is -0.385 e. The molecule has 2 amide bonds. The topological polar surface area (TPSA) is 93.0 Å². The predicted molar refractivity (Wildman–Crippen MR) is 144 cm³/mol. The Morgan fingerprint density at radius 1 is 1.19 bits per heavy atom. The van der Waals surface area contributed by atoms with E-state index < -0.39 is 10.8 Å². The van der Waals surface area contributed by atoms with E-state index >= 15 is 0 Å². The molecule has 0 spiro atoms. The lowest BCUT2D eigenvalue weighted by atomic mass is 9.93. The molecule has 0 saturated carbocycles. The van der Waals surface area contributed by atoms with Crippen LogP contribution in [0.5, 0.6) is 0 Å². The lowest BCUT2D eigenvalue weighted by Crippen LogP contribution is -2.47. The number of carbonyl (C=O) groups is 2. The fraction of sp³-hybridized carbons (Fsp3) is 0.308. The number of benzene rings is 2. The summed E-state index contributed by atoms with van der Waals surface area (Å²) in [5.41, 5.74) is 1.73. The fourth-order valence-electron chi connectivity index (χ4n) is 4.46. The Hall–Kier alpha value is -2.98. The maximum atomic E-state index is 13.7. The molecule has 3 aromatic rings. The molecule has 8 nitrogen and oxygen atoms in total. The van der Waals surface area contributed by atoms with E-state index in [2.05, 4.69) is 0 Å². The molecule has 1 aromatic heterocycles. The molecule has 11 heteroatoms. The summed E-state index contributed by atoms with van der Waals surface area (Å²) in [4.78, 5) is 42.3. The average Bonchev–Trinajstić information content (AvgIpc) is 3.37. The highest BCUT2D eigenvalue weighted by Gasteiger charge is 2.34. The van der Waals surface area contributed by atoms with Crippen molar-refractivity contribution in [1.82, 2.24) is 9.80 Å². The molecule has 1 atom stereocenters. The summed E-state index contributed by atoms with van der Waals surface area (Å²) in [7, 11) is 1.56. The van der Waals surface area contributed by atoms with Crippen LogP contribution in [0, 0.1) is 10.1 Å². The van der Waals surface area contributed by atoms with Crippen molar-refractivity contribution in [1.29, 1.82) is 0 Å². The van der Waals surface area contributed by atoms with Crippen LogP contribution in [0.2, 0.25) is 10.0 Å². The third kappa shape index (κ3) is 6.13. The standard InChI is InChI=1S/C26H25Cl2N3O5S/c1-36-13-2-11-29(26(33)18-5-8-21(28)22(15-18)31(34)35)16-24(32)30-12-9-23-20(10-14-37-23)25(30)17-3-6-19(27)7-4-17/h3-8,10,14-15,25H,2,9,11-13,16H2,1H3. The highest BCUT2D eigenvalue weighted by Crippen LogP contribution is 2.38. The zero-order valence-corrected chi connectivity index (χ0v) is 22.4. The van der Waals surface area contributed by atoms with E-state index in [1.165, 1.54) is 21.9 Å². The van der Waals surface area contributed by atoms with Gasteiger partial charge in [0.15, 0.2) is 0 Å². The molecule has 0 radical (unpaired) electrons. The van der Waals surface area contributed by atoms with Gasteiger partial charge in [-0.25, -0.2) is 0 Å². The van der Waals surface area contributed by atoms with Gasteiger partial charge in [0.1, 0.15) is 11.6 Å². The van der Waals surface area contributed by atoms with Crippen molar-refractivity contribution < 1.29 is 19.2 Å². The van der Waals surface area contributed by atoms with Gasteiger partial charge in [0.05, 0.1) is 11.0 Å². The van der Waals surface area contributed by atoms with Crippen molar-refractivity contribution in [2.45, 2.75) is 18.9 Å². The molecule has 1 aliphatic rings. The summed E-state index contributed by atoms with van der Waals surface area (Å²) in [6.45, 7) is 0.973. The van der Waals surface area contributed by atoms with Crippen LogP contribution >= 0.6 is 34.5 Å². The van der Waals surface area contributed by atoms with Crippen LogP contribution in [0.25, 0.3) is 0 Å². The number of nitro benzene ring substituents is 1. The highest BCUT2D eigenvalue weighted by atomic mass is 35.5. The van der Waals surface area contributed by atoms with Gasteiger partial charge in [0, 0.05) is 48.3 Å². The maximum Gasteiger partial charge on any atom is 0.288 e. The number of ether oxygens (including phenoxy) is 1. The molecule has 0 N–H and O–H groups in total. The number of carbonyl (C=O) groups excluding carboxylic acids is 2. The minimum absolute atomic E-state index is 0.0609. The lowest BCUT2D eigenvalue weighted by Gasteiger charge is -2.37. The molecule has 37 heavy (non-hydrogen) atoms. The van der Waals surface area contributed by atoms with Crippen LogP contribution in [0.4, 0.5) is 5.69 Å². The Labute approximate surface area is 228 Å². The van der Waals surface area contributed by atoms with Crippen LogP contribution in [0.15, 0.2) is 53.9 Å². The molecule has 0 fully saturated rings. The van der Waals surface area contributed by atoms with Crippen LogP contribution in [0.3, 0.4) is 0 Å². The minimum atomic E-state index is -0.636. The lowest BCUT2D eigenvalue weighted by molar-refractivity contribution is -0.384. The van der Waals surface area contributed by atoms with E-state index in [9.17, 15) is 19.7 Å². The van der Waals surface area contributed by atoms with Gasteiger partial charge < -0.3 is 14.5 Å². The monoisotopic (exact) mass is 561 g/mol. The quantitative estimate of drug-likeness (QED) is 0.192. The molecule has 1 aliphatic heterocycles. The number of nitrogens with zero attached hydrogens (tertiary/aromatic N) is 3. The molecule has 0 aliphatic carbocycles. The molecular weight excluding hydrogens is 537 g/mol. The molecule has 1 unspecified atom stereocenters. The van der Waals surface area contributed by atoms with E-state index in [1.54, 1.807) is 35.5 Å². The number of nitro groups is 1. The normalized spacial score (nSPS) is 14.8. The Kier molecular flexibility index (Phi) is 8.81. The second-order valence-electron chi connectivity index (χ2n) is 8.59. The summed E-state index contributed by atoms with van der Waals surface area (Å²) in [5, 5.41) is 13.9. The van der Waals surface area contributed by atoms with Crippen LogP contribution in [-0.4, -0.2) is 59.9 Å². The Morgan fingerprint density at radius 2 is 1.95 bits per heavy atom. The molecule has 0 saturated heterocycles. The van der Waals surface area contributed by atoms with E-state index in [-0.39, 0.29) is 41.3 Å². The summed E-state index contributed by atoms with van der Waals surface area (Å²) >= 11 is 13.7. The zero-order valence-electron chi connectivity index (χ0n) is 20.1. The van der Waals surface area contributed by atoms with Gasteiger partial charge in [-0.3, -0.25) is 19.7 Å². The summed E-state index contributed by atoms with van der Waals surface area (Å²) in [5.74, 6) is -0.702. The maximum absolute atomic E-state index is 13.7. The van der Waals surface area contributed by atoms with Crippen molar-refractivity contribution in [2.24, 2.45) is 0 Å². The second kappa shape index (κ2) is 12.0. The van der Waals surface area contributed by atoms with Gasteiger partial charge >= 0.3 is 0 Å². The Morgan fingerprint density at radius 3 is 2.65 bits per heavy atom. The second-order valence-corrected chi connectivity index (χ2v) is 10.4. The SMILES string of the molecule is COCCCN(CC(=O)N1CCc2sccc2C1c1ccc(Cl)cc1)C(=O)c1ccc(Cl)c([N+](=O)[O-])c1.